The first-order chi connectivity index (χ1) is 7.65. The number of esters is 1. The van der Waals surface area contributed by atoms with Crippen molar-refractivity contribution >= 4 is 21.9 Å². The smallest absolute Gasteiger partial charge is 0.360 e. The van der Waals surface area contributed by atoms with Gasteiger partial charge in [0, 0.05) is 0 Å². The minimum Gasteiger partial charge on any atom is -0.464 e. The Labute approximate surface area is 103 Å². The van der Waals surface area contributed by atoms with Crippen molar-refractivity contribution in [3.8, 4) is 0 Å². The third-order valence-corrected chi connectivity index (χ3v) is 4.06. The molecule has 0 unspecified atom stereocenters. The Morgan fingerprint density at radius 1 is 1.50 bits per heavy atom. The molecule has 0 bridgehead atoms. The van der Waals surface area contributed by atoms with E-state index in [1.807, 2.05) is 0 Å². The van der Waals surface area contributed by atoms with Crippen molar-refractivity contribution in [1.29, 1.82) is 0 Å². The van der Waals surface area contributed by atoms with Gasteiger partial charge in [0.25, 0.3) is 0 Å². The second-order valence-electron chi connectivity index (χ2n) is 4.06. The predicted molar refractivity (Wildman–Crippen MR) is 61.5 cm³/mol. The Kier molecular flexibility index (Phi) is 3.33. The molecule has 1 heterocycles. The first kappa shape index (κ1) is 11.6. The Bertz CT molecular complexity index is 382. The average molecular weight is 288 g/mol. The summed E-state index contributed by atoms with van der Waals surface area (Å²) < 4.78 is 9.77. The number of rotatable bonds is 2. The molecule has 2 rings (SSSR count). The van der Waals surface area contributed by atoms with Gasteiger partial charge < -0.3 is 9.15 Å². The second kappa shape index (κ2) is 4.57. The molecule has 0 atom stereocenters. The van der Waals surface area contributed by atoms with Gasteiger partial charge >= 0.3 is 5.97 Å². The van der Waals surface area contributed by atoms with Crippen molar-refractivity contribution in [1.82, 2.24) is 4.98 Å². The van der Waals surface area contributed by atoms with E-state index in [1.54, 1.807) is 0 Å². The van der Waals surface area contributed by atoms with E-state index in [2.05, 4.69) is 25.7 Å². The lowest BCUT2D eigenvalue weighted by Gasteiger charge is -2.28. The molecule has 0 aliphatic heterocycles. The van der Waals surface area contributed by atoms with Crippen molar-refractivity contribution in [3.05, 3.63) is 17.8 Å². The summed E-state index contributed by atoms with van der Waals surface area (Å²) in [7, 11) is 1.33. The number of carbonyl (C=O) groups is 1. The molecule has 0 spiro atoms. The molecule has 1 aliphatic carbocycles. The van der Waals surface area contributed by atoms with E-state index in [4.69, 9.17) is 4.42 Å². The lowest BCUT2D eigenvalue weighted by Crippen LogP contribution is -2.22. The summed E-state index contributed by atoms with van der Waals surface area (Å²) in [6.45, 7) is 0. The molecule has 1 saturated carbocycles. The zero-order valence-electron chi connectivity index (χ0n) is 9.16. The van der Waals surface area contributed by atoms with Gasteiger partial charge in [0.15, 0.2) is 5.69 Å². The van der Waals surface area contributed by atoms with Crippen molar-refractivity contribution in [2.45, 2.75) is 36.4 Å². The summed E-state index contributed by atoms with van der Waals surface area (Å²) in [5, 5.41) is 0. The summed E-state index contributed by atoms with van der Waals surface area (Å²) in [6, 6.07) is 0. The Morgan fingerprint density at radius 3 is 2.81 bits per heavy atom. The Hall–Kier alpha value is -0.840. The molecule has 16 heavy (non-hydrogen) atoms. The number of halogens is 1. The molecule has 88 valence electrons. The van der Waals surface area contributed by atoms with Crippen LogP contribution in [-0.2, 0) is 9.06 Å². The van der Waals surface area contributed by atoms with E-state index >= 15 is 0 Å². The maximum Gasteiger partial charge on any atom is 0.360 e. The van der Waals surface area contributed by atoms with Crippen LogP contribution in [-0.4, -0.2) is 18.1 Å². The minimum atomic E-state index is -0.457. The highest BCUT2D eigenvalue weighted by molar-refractivity contribution is 9.09. The van der Waals surface area contributed by atoms with Gasteiger partial charge in [-0.1, -0.05) is 35.2 Å². The third kappa shape index (κ3) is 2.14. The maximum absolute atomic E-state index is 11.3. The van der Waals surface area contributed by atoms with E-state index in [0.29, 0.717) is 5.89 Å². The van der Waals surface area contributed by atoms with Crippen LogP contribution in [0.3, 0.4) is 0 Å². The number of nitrogens with zero attached hydrogens (tertiary/aromatic N) is 1. The molecule has 0 amide bonds. The van der Waals surface area contributed by atoms with E-state index in [0.717, 1.165) is 25.7 Å². The van der Waals surface area contributed by atoms with E-state index in [-0.39, 0.29) is 10.0 Å². The molecule has 1 aliphatic rings. The van der Waals surface area contributed by atoms with Crippen molar-refractivity contribution in [2.24, 2.45) is 0 Å². The molecule has 1 fully saturated rings. The van der Waals surface area contributed by atoms with Gasteiger partial charge in [-0.25, -0.2) is 9.78 Å². The van der Waals surface area contributed by atoms with Crippen LogP contribution in [0.25, 0.3) is 0 Å². The molecular formula is C11H14BrNO3. The highest BCUT2D eigenvalue weighted by atomic mass is 79.9. The van der Waals surface area contributed by atoms with Crippen LogP contribution < -0.4 is 0 Å². The number of methoxy groups -OCH3 is 1. The van der Waals surface area contributed by atoms with Gasteiger partial charge in [0.05, 0.1) is 7.11 Å². The molecule has 4 nitrogen and oxygen atoms in total. The molecular weight excluding hydrogens is 274 g/mol. The number of ether oxygens (including phenoxy) is 1. The molecule has 0 aromatic carbocycles. The summed E-state index contributed by atoms with van der Waals surface area (Å²) in [5.74, 6) is 0.134. The molecule has 1 aromatic heterocycles. The number of aromatic nitrogens is 1. The van der Waals surface area contributed by atoms with Crippen LogP contribution in [0.5, 0.6) is 0 Å². The lowest BCUT2D eigenvalue weighted by atomic mass is 9.89. The number of carbonyl (C=O) groups excluding carboxylic acids is 1. The van der Waals surface area contributed by atoms with Gasteiger partial charge in [-0.3, -0.25) is 0 Å². The third-order valence-electron chi connectivity index (χ3n) is 2.93. The SMILES string of the molecule is COC(=O)c1coc(C2(Br)CCCCC2)n1. The highest BCUT2D eigenvalue weighted by Crippen LogP contribution is 2.44. The lowest BCUT2D eigenvalue weighted by molar-refractivity contribution is 0.0594. The fourth-order valence-corrected chi connectivity index (χ4v) is 2.75. The number of hydrogen-bond donors (Lipinski definition) is 0. The van der Waals surface area contributed by atoms with E-state index in [9.17, 15) is 4.79 Å². The monoisotopic (exact) mass is 287 g/mol. The van der Waals surface area contributed by atoms with Crippen LogP contribution >= 0.6 is 15.9 Å². The van der Waals surface area contributed by atoms with Gasteiger partial charge in [-0.05, 0) is 12.8 Å². The molecule has 0 radical (unpaired) electrons. The Balaban J connectivity index is 2.20. The molecule has 1 aromatic rings. The largest absolute Gasteiger partial charge is 0.464 e. The van der Waals surface area contributed by atoms with Gasteiger partial charge in [-0.2, -0.15) is 0 Å². The summed E-state index contributed by atoms with van der Waals surface area (Å²) in [5.41, 5.74) is 0.238. The van der Waals surface area contributed by atoms with E-state index < -0.39 is 5.97 Å². The van der Waals surface area contributed by atoms with Gasteiger partial charge in [-0.15, -0.1) is 0 Å². The predicted octanol–water partition coefficient (Wildman–Crippen LogP) is 3.02. The topological polar surface area (TPSA) is 52.3 Å². The quantitative estimate of drug-likeness (QED) is 0.620. The highest BCUT2D eigenvalue weighted by Gasteiger charge is 2.36. The van der Waals surface area contributed by atoms with Crippen molar-refractivity contribution in [3.63, 3.8) is 0 Å². The zero-order chi connectivity index (χ0) is 11.6. The van der Waals surface area contributed by atoms with Crippen molar-refractivity contribution < 1.29 is 13.9 Å². The first-order valence-electron chi connectivity index (χ1n) is 5.39. The van der Waals surface area contributed by atoms with Crippen LogP contribution in [0.1, 0.15) is 48.5 Å². The Morgan fingerprint density at radius 2 is 2.19 bits per heavy atom. The fourth-order valence-electron chi connectivity index (χ4n) is 2.00. The number of oxazole rings is 1. The normalized spacial score (nSPS) is 19.4. The second-order valence-corrected chi connectivity index (χ2v) is 5.57. The van der Waals surface area contributed by atoms with E-state index in [1.165, 1.54) is 19.8 Å². The van der Waals surface area contributed by atoms with Gasteiger partial charge in [0.2, 0.25) is 5.89 Å². The van der Waals surface area contributed by atoms with Gasteiger partial charge in [0.1, 0.15) is 10.6 Å². The average Bonchev–Trinajstić information content (AvgIpc) is 2.79. The van der Waals surface area contributed by atoms with Crippen LogP contribution in [0.2, 0.25) is 0 Å². The van der Waals surface area contributed by atoms with Crippen LogP contribution in [0.4, 0.5) is 0 Å². The molecule has 0 N–H and O–H groups in total. The summed E-state index contributed by atoms with van der Waals surface area (Å²) in [4.78, 5) is 15.4. The number of alkyl halides is 1. The summed E-state index contributed by atoms with van der Waals surface area (Å²) in [6.07, 6.45) is 6.90. The first-order valence-corrected chi connectivity index (χ1v) is 6.18. The van der Waals surface area contributed by atoms with Crippen LogP contribution in [0, 0.1) is 0 Å². The van der Waals surface area contributed by atoms with Crippen LogP contribution in [0.15, 0.2) is 10.7 Å². The fraction of sp³-hybridized carbons (Fsp3) is 0.636. The summed E-state index contributed by atoms with van der Waals surface area (Å²) >= 11 is 3.68. The number of hydrogen-bond acceptors (Lipinski definition) is 4. The maximum atomic E-state index is 11.3. The zero-order valence-corrected chi connectivity index (χ0v) is 10.7. The minimum absolute atomic E-state index is 0.197. The standard InChI is InChI=1S/C11H14BrNO3/c1-15-9(14)8-7-16-10(13-8)11(12)5-3-2-4-6-11/h7H,2-6H2,1H3. The molecule has 5 heteroatoms. The molecule has 0 saturated heterocycles. The van der Waals surface area contributed by atoms with Crippen molar-refractivity contribution in [2.75, 3.05) is 7.11 Å².